The smallest absolute Gasteiger partial charge is 0.394 e. The highest BCUT2D eigenvalue weighted by atomic mass is 31.2. The molecular formula is C26H40N9O10P. The van der Waals surface area contributed by atoms with Crippen LogP contribution < -0.4 is 22.1 Å². The Labute approximate surface area is 263 Å². The van der Waals surface area contributed by atoms with Gasteiger partial charge in [0.1, 0.15) is 48.6 Å². The summed E-state index contributed by atoms with van der Waals surface area (Å²) in [5.74, 6) is 0.175. The summed E-state index contributed by atoms with van der Waals surface area (Å²) in [6.07, 6.45) is -2.17. The fraction of sp³-hybridized carbons (Fsp3) is 0.654. The summed E-state index contributed by atoms with van der Waals surface area (Å²) in [5.41, 5.74) is 5.70. The number of fused-ring (bicyclic) bond motifs is 1. The lowest BCUT2D eigenvalue weighted by Gasteiger charge is -2.26. The molecule has 2 unspecified atom stereocenters. The molecule has 19 nitrogen and oxygen atoms in total. The SMILES string of the molecule is COC1[C@@H](O)[C@@H](COP(=O)(NCCCN(C)C)O[C@@H]2C[C@H](n3cc(C)c(=O)[nH]c3=O)O[C@@H]2CO)O[C@H]1n1cnc2c(N)ncnc21. The zero-order valence-electron chi connectivity index (χ0n) is 25.9. The highest BCUT2D eigenvalue weighted by Gasteiger charge is 2.48. The minimum absolute atomic E-state index is 0.0123. The van der Waals surface area contributed by atoms with Gasteiger partial charge in [-0.1, -0.05) is 0 Å². The fourth-order valence-corrected chi connectivity index (χ4v) is 6.99. The Hall–Kier alpha value is -3.10. The molecule has 5 rings (SSSR count). The van der Waals surface area contributed by atoms with Crippen LogP contribution in [0, 0.1) is 6.92 Å². The minimum atomic E-state index is -4.15. The Morgan fingerprint density at radius 1 is 1.22 bits per heavy atom. The number of methoxy groups -OCH3 is 1. The standard InChI is InChI=1S/C26H40N9O10P/c1-14-9-34(26(39)32-24(14)38)18-8-15(16(10-36)43-18)45-46(40,31-6-5-7-33(2)3)42-11-17-20(37)21(41-4)25(44-17)35-13-30-19-22(27)28-12-29-23(19)35/h9,12-13,15-18,20-21,25,36-37H,5-8,10-11H2,1-4H3,(H,31,40)(H2,27,28,29)(H,32,38,39)/t15-,16-,17-,18-,20+,21?,25-,46?/m1/s1. The molecule has 3 aromatic rings. The molecule has 20 heteroatoms. The van der Waals surface area contributed by atoms with E-state index in [0.29, 0.717) is 24.1 Å². The predicted molar refractivity (Wildman–Crippen MR) is 162 cm³/mol. The van der Waals surface area contributed by atoms with Gasteiger partial charge in [-0.05, 0) is 34.0 Å². The molecule has 46 heavy (non-hydrogen) atoms. The molecule has 3 aromatic heterocycles. The first-order valence-electron chi connectivity index (χ1n) is 14.6. The summed E-state index contributed by atoms with van der Waals surface area (Å²) in [5, 5.41) is 24.0. The highest BCUT2D eigenvalue weighted by molar-refractivity contribution is 7.51. The lowest BCUT2D eigenvalue weighted by atomic mass is 10.1. The van der Waals surface area contributed by atoms with Gasteiger partial charge in [0.15, 0.2) is 17.7 Å². The summed E-state index contributed by atoms with van der Waals surface area (Å²) in [4.78, 5) is 40.9. The first-order valence-corrected chi connectivity index (χ1v) is 16.2. The van der Waals surface area contributed by atoms with Gasteiger partial charge >= 0.3 is 13.4 Å². The second kappa shape index (κ2) is 14.3. The van der Waals surface area contributed by atoms with Crippen molar-refractivity contribution in [3.8, 4) is 0 Å². The van der Waals surface area contributed by atoms with E-state index in [2.05, 4.69) is 25.0 Å². The van der Waals surface area contributed by atoms with Crippen molar-refractivity contribution in [2.45, 2.75) is 62.7 Å². The van der Waals surface area contributed by atoms with Gasteiger partial charge < -0.3 is 35.1 Å². The molecule has 2 aliphatic rings. The number of nitrogen functional groups attached to an aromatic ring is 1. The van der Waals surface area contributed by atoms with Crippen molar-refractivity contribution in [2.24, 2.45) is 0 Å². The largest absolute Gasteiger partial charge is 0.405 e. The molecule has 0 saturated carbocycles. The number of aromatic nitrogens is 6. The molecule has 2 fully saturated rings. The minimum Gasteiger partial charge on any atom is -0.394 e. The first-order chi connectivity index (χ1) is 21.9. The average molecular weight is 670 g/mol. The average Bonchev–Trinajstić information content (AvgIpc) is 3.71. The monoisotopic (exact) mass is 669 g/mol. The quantitative estimate of drug-likeness (QED) is 0.101. The third kappa shape index (κ3) is 7.23. The van der Waals surface area contributed by atoms with Crippen LogP contribution in [0.2, 0.25) is 0 Å². The van der Waals surface area contributed by atoms with Crippen LogP contribution in [-0.4, -0.2) is 122 Å². The molecule has 0 aromatic carbocycles. The third-order valence-electron chi connectivity index (χ3n) is 7.83. The number of hydrogen-bond donors (Lipinski definition) is 5. The van der Waals surface area contributed by atoms with Gasteiger partial charge in [-0.3, -0.25) is 28.0 Å². The normalized spacial score (nSPS) is 27.9. The number of hydrogen-bond acceptors (Lipinski definition) is 15. The van der Waals surface area contributed by atoms with Crippen molar-refractivity contribution in [3.05, 3.63) is 45.3 Å². The van der Waals surface area contributed by atoms with Gasteiger partial charge in [0.25, 0.3) is 5.56 Å². The number of rotatable bonds is 14. The van der Waals surface area contributed by atoms with Crippen molar-refractivity contribution in [3.63, 3.8) is 0 Å². The van der Waals surface area contributed by atoms with Gasteiger partial charge in [0, 0.05) is 31.8 Å². The van der Waals surface area contributed by atoms with E-state index in [1.165, 1.54) is 37.5 Å². The molecule has 6 N–H and O–H groups in total. The van der Waals surface area contributed by atoms with Gasteiger partial charge in [-0.2, -0.15) is 0 Å². The van der Waals surface area contributed by atoms with E-state index >= 15 is 0 Å². The summed E-state index contributed by atoms with van der Waals surface area (Å²) in [6.45, 7) is 1.59. The summed E-state index contributed by atoms with van der Waals surface area (Å²) >= 11 is 0. The van der Waals surface area contributed by atoms with Crippen LogP contribution in [-0.2, 0) is 27.8 Å². The third-order valence-corrected chi connectivity index (χ3v) is 9.48. The number of nitrogens with one attached hydrogen (secondary N) is 2. The molecule has 0 bridgehead atoms. The summed E-state index contributed by atoms with van der Waals surface area (Å²) in [6, 6.07) is 0. The van der Waals surface area contributed by atoms with E-state index in [0.717, 1.165) is 0 Å². The zero-order chi connectivity index (χ0) is 33.2. The van der Waals surface area contributed by atoms with Crippen LogP contribution in [0.4, 0.5) is 5.82 Å². The Morgan fingerprint density at radius 3 is 2.72 bits per heavy atom. The van der Waals surface area contributed by atoms with Crippen LogP contribution in [0.1, 0.15) is 30.9 Å². The highest BCUT2D eigenvalue weighted by Crippen LogP contribution is 2.49. The van der Waals surface area contributed by atoms with Crippen molar-refractivity contribution in [1.29, 1.82) is 0 Å². The Morgan fingerprint density at radius 2 is 2.00 bits per heavy atom. The van der Waals surface area contributed by atoms with Crippen LogP contribution in [0.3, 0.4) is 0 Å². The molecule has 0 amide bonds. The lowest BCUT2D eigenvalue weighted by Crippen LogP contribution is -2.36. The molecule has 254 valence electrons. The number of ether oxygens (including phenoxy) is 3. The van der Waals surface area contributed by atoms with Crippen molar-refractivity contribution in [1.82, 2.24) is 39.1 Å². The Bertz CT molecular complexity index is 1660. The zero-order valence-corrected chi connectivity index (χ0v) is 26.8. The van der Waals surface area contributed by atoms with Crippen LogP contribution in [0.15, 0.2) is 28.4 Å². The maximum absolute atomic E-state index is 14.2. The van der Waals surface area contributed by atoms with Gasteiger partial charge in [-0.25, -0.2) is 29.4 Å². The number of aliphatic hydroxyl groups excluding tert-OH is 2. The number of anilines is 1. The van der Waals surface area contributed by atoms with E-state index in [1.54, 1.807) is 4.57 Å². The number of aryl methyl sites for hydroxylation is 1. The Balaban J connectivity index is 1.33. The molecule has 0 spiro atoms. The summed E-state index contributed by atoms with van der Waals surface area (Å²) < 4.78 is 46.3. The first kappa shape index (κ1) is 34.2. The maximum Gasteiger partial charge on any atom is 0.405 e. The molecule has 2 saturated heterocycles. The van der Waals surface area contributed by atoms with Crippen molar-refractivity contribution < 1.29 is 38.0 Å². The van der Waals surface area contributed by atoms with Crippen LogP contribution >= 0.6 is 7.75 Å². The Kier molecular flexibility index (Phi) is 10.7. The van der Waals surface area contributed by atoms with Gasteiger partial charge in [-0.15, -0.1) is 0 Å². The molecule has 0 radical (unpaired) electrons. The van der Waals surface area contributed by atoms with Crippen molar-refractivity contribution in [2.75, 3.05) is 53.2 Å². The van der Waals surface area contributed by atoms with E-state index in [9.17, 15) is 24.4 Å². The number of H-pyrrole nitrogens is 1. The molecule has 8 atom stereocenters. The summed E-state index contributed by atoms with van der Waals surface area (Å²) in [7, 11) is 1.07. The number of imidazole rings is 1. The number of nitrogens with two attached hydrogens (primary N) is 1. The number of aromatic amines is 1. The van der Waals surface area contributed by atoms with E-state index < -0.39 is 68.6 Å². The van der Waals surface area contributed by atoms with Crippen LogP contribution in [0.5, 0.6) is 0 Å². The number of nitrogens with zero attached hydrogens (tertiary/aromatic N) is 6. The van der Waals surface area contributed by atoms with Gasteiger partial charge in [0.2, 0.25) is 0 Å². The van der Waals surface area contributed by atoms with Crippen molar-refractivity contribution >= 4 is 24.7 Å². The molecule has 5 heterocycles. The predicted octanol–water partition coefficient (Wildman–Crippen LogP) is -1.13. The van der Waals surface area contributed by atoms with E-state index in [1.807, 2.05) is 19.0 Å². The topological polar surface area (TPSA) is 243 Å². The maximum atomic E-state index is 14.2. The van der Waals surface area contributed by atoms with E-state index in [-0.39, 0.29) is 31.0 Å². The second-order valence-electron chi connectivity index (χ2n) is 11.4. The van der Waals surface area contributed by atoms with Gasteiger partial charge in [0.05, 0.1) is 19.5 Å². The number of aliphatic hydroxyl groups is 2. The molecule has 0 aliphatic carbocycles. The van der Waals surface area contributed by atoms with Crippen LogP contribution in [0.25, 0.3) is 11.2 Å². The molecular weight excluding hydrogens is 629 g/mol. The fourth-order valence-electron chi connectivity index (χ4n) is 5.41. The lowest BCUT2D eigenvalue weighted by molar-refractivity contribution is -0.0600. The van der Waals surface area contributed by atoms with E-state index in [4.69, 9.17) is 29.0 Å². The molecule has 2 aliphatic heterocycles. The second-order valence-corrected chi connectivity index (χ2v) is 13.1.